The predicted octanol–water partition coefficient (Wildman–Crippen LogP) is 2.51. The lowest BCUT2D eigenvalue weighted by Gasteiger charge is -1.93. The van der Waals surface area contributed by atoms with Crippen LogP contribution in [0.3, 0.4) is 0 Å². The summed E-state index contributed by atoms with van der Waals surface area (Å²) in [5.74, 6) is -0.181. The highest BCUT2D eigenvalue weighted by atomic mass is 79.9. The fraction of sp³-hybridized carbons (Fsp3) is 0. The van der Waals surface area contributed by atoms with Crippen molar-refractivity contribution in [1.82, 2.24) is 4.98 Å². The zero-order valence-corrected chi connectivity index (χ0v) is 8.29. The average molecular weight is 282 g/mol. The van der Waals surface area contributed by atoms with Gasteiger partial charge in [-0.1, -0.05) is 0 Å². The highest BCUT2D eigenvalue weighted by molar-refractivity contribution is 9.11. The Kier molecular flexibility index (Phi) is 2.56. The fourth-order valence-electron chi connectivity index (χ4n) is 0.536. The van der Waals surface area contributed by atoms with Gasteiger partial charge in [0.25, 0.3) is 0 Å². The first-order chi connectivity index (χ1) is 5.11. The first-order valence-electron chi connectivity index (χ1n) is 2.57. The Morgan fingerprint density at radius 1 is 1.45 bits per heavy atom. The van der Waals surface area contributed by atoms with Crippen molar-refractivity contribution in [3.8, 4) is 0 Å². The van der Waals surface area contributed by atoms with Crippen molar-refractivity contribution in [2.45, 2.75) is 0 Å². The SMILES string of the molecule is O=[N+]([O-])c1nc(Br)ccc1Br. The van der Waals surface area contributed by atoms with Gasteiger partial charge in [-0.05, 0) is 38.0 Å². The molecule has 0 atom stereocenters. The van der Waals surface area contributed by atoms with Crippen molar-refractivity contribution < 1.29 is 4.92 Å². The maximum Gasteiger partial charge on any atom is 0.378 e. The van der Waals surface area contributed by atoms with E-state index in [0.717, 1.165) is 0 Å². The van der Waals surface area contributed by atoms with Crippen LogP contribution in [0.15, 0.2) is 21.2 Å². The maximum absolute atomic E-state index is 10.3. The number of rotatable bonds is 1. The Hall–Kier alpha value is -0.490. The molecular formula is C5H2Br2N2O2. The number of pyridine rings is 1. The second-order valence-electron chi connectivity index (χ2n) is 1.70. The molecule has 0 radical (unpaired) electrons. The number of aromatic nitrogens is 1. The molecule has 6 heteroatoms. The van der Waals surface area contributed by atoms with Gasteiger partial charge in [-0.15, -0.1) is 0 Å². The monoisotopic (exact) mass is 280 g/mol. The van der Waals surface area contributed by atoms with Gasteiger partial charge >= 0.3 is 5.82 Å². The number of nitro groups is 1. The Morgan fingerprint density at radius 2 is 2.09 bits per heavy atom. The van der Waals surface area contributed by atoms with Crippen molar-refractivity contribution in [1.29, 1.82) is 0 Å². The molecule has 58 valence electrons. The van der Waals surface area contributed by atoms with Crippen LogP contribution in [-0.2, 0) is 0 Å². The minimum absolute atomic E-state index is 0.181. The van der Waals surface area contributed by atoms with E-state index < -0.39 is 4.92 Å². The summed E-state index contributed by atoms with van der Waals surface area (Å²) in [5.41, 5.74) is 0. The van der Waals surface area contributed by atoms with Crippen molar-refractivity contribution in [3.63, 3.8) is 0 Å². The summed E-state index contributed by atoms with van der Waals surface area (Å²) in [7, 11) is 0. The van der Waals surface area contributed by atoms with Crippen LogP contribution in [-0.4, -0.2) is 9.91 Å². The summed E-state index contributed by atoms with van der Waals surface area (Å²) in [6.07, 6.45) is 0. The number of halogens is 2. The van der Waals surface area contributed by atoms with Gasteiger partial charge in [-0.25, -0.2) is 0 Å². The van der Waals surface area contributed by atoms with E-state index in [2.05, 4.69) is 36.8 Å². The molecule has 1 rings (SSSR count). The molecule has 0 saturated heterocycles. The van der Waals surface area contributed by atoms with Crippen molar-refractivity contribution in [2.24, 2.45) is 0 Å². The van der Waals surface area contributed by atoms with Crippen LogP contribution in [0.25, 0.3) is 0 Å². The molecular weight excluding hydrogens is 280 g/mol. The third kappa shape index (κ3) is 1.97. The molecule has 4 nitrogen and oxygen atoms in total. The summed E-state index contributed by atoms with van der Waals surface area (Å²) in [6, 6.07) is 3.19. The summed E-state index contributed by atoms with van der Waals surface area (Å²) >= 11 is 6.03. The van der Waals surface area contributed by atoms with E-state index in [-0.39, 0.29) is 5.82 Å². The van der Waals surface area contributed by atoms with E-state index in [9.17, 15) is 10.1 Å². The zero-order chi connectivity index (χ0) is 8.43. The first kappa shape index (κ1) is 8.61. The predicted molar refractivity (Wildman–Crippen MR) is 46.3 cm³/mol. The van der Waals surface area contributed by atoms with Crippen LogP contribution in [0.4, 0.5) is 5.82 Å². The smallest absolute Gasteiger partial charge is 0.358 e. The molecule has 0 fully saturated rings. The summed E-state index contributed by atoms with van der Waals surface area (Å²) in [5, 5.41) is 10.3. The standard InChI is InChI=1S/C5H2Br2N2O2/c6-3-1-2-4(7)8-5(3)9(10)11/h1-2H. The van der Waals surface area contributed by atoms with Gasteiger partial charge in [-0.2, -0.15) is 0 Å². The minimum Gasteiger partial charge on any atom is -0.358 e. The normalized spacial score (nSPS) is 9.64. The lowest BCUT2D eigenvalue weighted by atomic mass is 10.5. The highest BCUT2D eigenvalue weighted by Crippen LogP contribution is 2.23. The van der Waals surface area contributed by atoms with E-state index in [1.165, 1.54) is 0 Å². The first-order valence-corrected chi connectivity index (χ1v) is 4.16. The lowest BCUT2D eigenvalue weighted by Crippen LogP contribution is -1.92. The van der Waals surface area contributed by atoms with Crippen LogP contribution in [0, 0.1) is 10.1 Å². The third-order valence-electron chi connectivity index (χ3n) is 0.966. The van der Waals surface area contributed by atoms with Crippen LogP contribution < -0.4 is 0 Å². The lowest BCUT2D eigenvalue weighted by molar-refractivity contribution is -0.390. The Morgan fingerprint density at radius 3 is 2.55 bits per heavy atom. The second kappa shape index (κ2) is 3.27. The van der Waals surface area contributed by atoms with E-state index in [4.69, 9.17) is 0 Å². The molecule has 0 N–H and O–H groups in total. The molecule has 0 spiro atoms. The van der Waals surface area contributed by atoms with Gasteiger partial charge in [0.05, 0.1) is 0 Å². The van der Waals surface area contributed by atoms with Crippen LogP contribution in [0.2, 0.25) is 0 Å². The molecule has 1 aromatic rings. The molecule has 0 saturated carbocycles. The van der Waals surface area contributed by atoms with E-state index in [1.807, 2.05) is 0 Å². The molecule has 0 aliphatic heterocycles. The molecule has 0 amide bonds. The Labute approximate surface area is 79.0 Å². The molecule has 0 aromatic carbocycles. The van der Waals surface area contributed by atoms with E-state index in [0.29, 0.717) is 9.08 Å². The number of hydrogen-bond donors (Lipinski definition) is 0. The number of hydrogen-bond acceptors (Lipinski definition) is 3. The summed E-state index contributed by atoms with van der Waals surface area (Å²) < 4.78 is 0.832. The van der Waals surface area contributed by atoms with Gasteiger partial charge in [-0.3, -0.25) is 0 Å². The van der Waals surface area contributed by atoms with E-state index in [1.54, 1.807) is 12.1 Å². The maximum atomic E-state index is 10.3. The van der Waals surface area contributed by atoms with Crippen LogP contribution in [0.5, 0.6) is 0 Å². The van der Waals surface area contributed by atoms with Gasteiger partial charge < -0.3 is 10.1 Å². The third-order valence-corrected chi connectivity index (χ3v) is 2.03. The van der Waals surface area contributed by atoms with Gasteiger partial charge in [0.1, 0.15) is 4.47 Å². The van der Waals surface area contributed by atoms with Crippen LogP contribution in [0.1, 0.15) is 0 Å². The van der Waals surface area contributed by atoms with Crippen LogP contribution >= 0.6 is 31.9 Å². The molecule has 0 bridgehead atoms. The molecule has 0 unspecified atom stereocenters. The van der Waals surface area contributed by atoms with Crippen molar-refractivity contribution >= 4 is 37.7 Å². The molecule has 1 heterocycles. The number of nitrogens with zero attached hydrogens (tertiary/aromatic N) is 2. The zero-order valence-electron chi connectivity index (χ0n) is 5.12. The van der Waals surface area contributed by atoms with Gasteiger partial charge in [0.2, 0.25) is 4.60 Å². The summed E-state index contributed by atoms with van der Waals surface area (Å²) in [4.78, 5) is 13.4. The molecule has 11 heavy (non-hydrogen) atoms. The van der Waals surface area contributed by atoms with Crippen molar-refractivity contribution in [3.05, 3.63) is 31.3 Å². The molecule has 1 aromatic heterocycles. The Balaban J connectivity index is 3.23. The second-order valence-corrected chi connectivity index (χ2v) is 3.36. The van der Waals surface area contributed by atoms with E-state index >= 15 is 0 Å². The molecule has 0 aliphatic rings. The molecule has 0 aliphatic carbocycles. The minimum atomic E-state index is -0.547. The highest BCUT2D eigenvalue weighted by Gasteiger charge is 2.13. The van der Waals surface area contributed by atoms with Gasteiger partial charge in [0, 0.05) is 15.9 Å². The topological polar surface area (TPSA) is 56.0 Å². The Bertz CT molecular complexity index is 303. The largest absolute Gasteiger partial charge is 0.378 e. The van der Waals surface area contributed by atoms with Gasteiger partial charge in [0.15, 0.2) is 0 Å². The van der Waals surface area contributed by atoms with Crippen molar-refractivity contribution in [2.75, 3.05) is 0 Å². The quantitative estimate of drug-likeness (QED) is 0.451. The fourth-order valence-corrected chi connectivity index (χ4v) is 1.20. The summed E-state index contributed by atoms with van der Waals surface area (Å²) in [6.45, 7) is 0. The average Bonchev–Trinajstić information content (AvgIpc) is 1.94.